The molecule has 1 atom stereocenters. The molecule has 30 heavy (non-hydrogen) atoms. The van der Waals surface area contributed by atoms with Crippen molar-refractivity contribution in [3.8, 4) is 11.1 Å². The number of rotatable bonds is 3. The molecule has 6 heteroatoms. The zero-order valence-electron chi connectivity index (χ0n) is 16.1. The summed E-state index contributed by atoms with van der Waals surface area (Å²) in [5, 5.41) is 0. The zero-order valence-corrected chi connectivity index (χ0v) is 16.1. The second-order valence-corrected chi connectivity index (χ2v) is 7.55. The number of hydrogen-bond donors (Lipinski definition) is 0. The second kappa shape index (κ2) is 7.82. The first-order valence-corrected chi connectivity index (χ1v) is 9.73. The Balaban J connectivity index is 1.76. The Morgan fingerprint density at radius 3 is 2.20 bits per heavy atom. The first kappa shape index (κ1) is 20.5. The van der Waals surface area contributed by atoms with Gasteiger partial charge in [-0.05, 0) is 72.6 Å². The fraction of sp³-hybridized carbons (Fsp3) is 0.250. The Kier molecular flexibility index (Phi) is 5.35. The highest BCUT2D eigenvalue weighted by molar-refractivity contribution is 5.68. The average Bonchev–Trinajstić information content (AvgIpc) is 2.70. The first-order chi connectivity index (χ1) is 14.3. The first-order valence-electron chi connectivity index (χ1n) is 9.73. The summed E-state index contributed by atoms with van der Waals surface area (Å²) in [4.78, 5) is 0. The lowest BCUT2D eigenvalue weighted by molar-refractivity contribution is 0.477. The smallest absolute Gasteiger partial charge is 0.166 e. The average molecular weight is 420 g/mol. The van der Waals surface area contributed by atoms with Gasteiger partial charge in [0.25, 0.3) is 0 Å². The third-order valence-corrected chi connectivity index (χ3v) is 5.80. The third kappa shape index (κ3) is 3.38. The quantitative estimate of drug-likeness (QED) is 0.399. The topological polar surface area (TPSA) is 0 Å². The van der Waals surface area contributed by atoms with E-state index >= 15 is 4.39 Å². The van der Waals surface area contributed by atoms with Crippen LogP contribution in [0, 0.1) is 34.9 Å². The van der Waals surface area contributed by atoms with Gasteiger partial charge in [0, 0.05) is 11.1 Å². The van der Waals surface area contributed by atoms with Crippen LogP contribution in [-0.2, 0) is 19.3 Å². The predicted octanol–water partition coefficient (Wildman–Crippen LogP) is 7.02. The van der Waals surface area contributed by atoms with E-state index in [1.807, 2.05) is 0 Å². The van der Waals surface area contributed by atoms with Crippen LogP contribution in [0.15, 0.2) is 36.4 Å². The van der Waals surface area contributed by atoms with E-state index in [-0.39, 0.29) is 36.0 Å². The maximum atomic E-state index is 15.1. The minimum Gasteiger partial charge on any atom is -0.207 e. The molecule has 0 aromatic heterocycles. The standard InChI is InChI=1S/C24H18F6/c1-2-12-8-18(26)21(19(27)9-12)13-6-7-15-14(10-13)11-20(28)22(24(15)30)16-4-3-5-17(25)23(16)29/h3-5,8-9,11,13H,2,6-7,10H2,1H3. The highest BCUT2D eigenvalue weighted by atomic mass is 19.2. The SMILES string of the molecule is CCc1cc(F)c(C2CCc3c(cc(F)c(-c4cccc(F)c4F)c3F)C2)c(F)c1. The largest absolute Gasteiger partial charge is 0.207 e. The highest BCUT2D eigenvalue weighted by Crippen LogP contribution is 2.40. The number of hydrogen-bond acceptors (Lipinski definition) is 0. The molecule has 0 spiro atoms. The molecule has 3 aromatic rings. The molecular weight excluding hydrogens is 402 g/mol. The molecule has 156 valence electrons. The molecule has 0 fully saturated rings. The van der Waals surface area contributed by atoms with Crippen LogP contribution in [0.5, 0.6) is 0 Å². The molecule has 0 saturated carbocycles. The highest BCUT2D eigenvalue weighted by Gasteiger charge is 2.30. The van der Waals surface area contributed by atoms with E-state index in [9.17, 15) is 22.0 Å². The van der Waals surface area contributed by atoms with Gasteiger partial charge in [-0.15, -0.1) is 0 Å². The maximum absolute atomic E-state index is 15.1. The van der Waals surface area contributed by atoms with Crippen molar-refractivity contribution < 1.29 is 26.3 Å². The van der Waals surface area contributed by atoms with Crippen LogP contribution in [0.2, 0.25) is 0 Å². The van der Waals surface area contributed by atoms with Crippen molar-refractivity contribution in [2.75, 3.05) is 0 Å². The minimum atomic E-state index is -1.33. The molecule has 1 unspecified atom stereocenters. The van der Waals surface area contributed by atoms with Gasteiger partial charge >= 0.3 is 0 Å². The van der Waals surface area contributed by atoms with Gasteiger partial charge in [0.1, 0.15) is 23.3 Å². The van der Waals surface area contributed by atoms with Crippen molar-refractivity contribution in [3.63, 3.8) is 0 Å². The van der Waals surface area contributed by atoms with E-state index in [1.54, 1.807) is 6.92 Å². The van der Waals surface area contributed by atoms with Crippen LogP contribution in [0.25, 0.3) is 11.1 Å². The Bertz CT molecular complexity index is 1110. The molecule has 0 saturated heterocycles. The Morgan fingerprint density at radius 1 is 0.833 bits per heavy atom. The normalized spacial score (nSPS) is 15.9. The summed E-state index contributed by atoms with van der Waals surface area (Å²) in [5.41, 5.74) is -0.240. The molecule has 0 nitrogen and oxygen atoms in total. The monoisotopic (exact) mass is 420 g/mol. The van der Waals surface area contributed by atoms with Crippen LogP contribution < -0.4 is 0 Å². The second-order valence-electron chi connectivity index (χ2n) is 7.55. The Morgan fingerprint density at radius 2 is 1.53 bits per heavy atom. The molecule has 4 rings (SSSR count). The summed E-state index contributed by atoms with van der Waals surface area (Å²) >= 11 is 0. The number of benzene rings is 3. The number of fused-ring (bicyclic) bond motifs is 1. The van der Waals surface area contributed by atoms with Crippen molar-refractivity contribution in [1.29, 1.82) is 0 Å². The van der Waals surface area contributed by atoms with Crippen LogP contribution in [-0.4, -0.2) is 0 Å². The fourth-order valence-corrected chi connectivity index (χ4v) is 4.27. The molecule has 0 N–H and O–H groups in total. The van der Waals surface area contributed by atoms with Crippen LogP contribution >= 0.6 is 0 Å². The van der Waals surface area contributed by atoms with E-state index in [0.717, 1.165) is 18.2 Å². The summed E-state index contributed by atoms with van der Waals surface area (Å²) in [6.45, 7) is 1.79. The zero-order chi connectivity index (χ0) is 21.6. The van der Waals surface area contributed by atoms with Crippen molar-refractivity contribution >= 4 is 0 Å². The predicted molar refractivity (Wildman–Crippen MR) is 102 cm³/mol. The van der Waals surface area contributed by atoms with Gasteiger partial charge in [0.15, 0.2) is 11.6 Å². The molecule has 0 heterocycles. The van der Waals surface area contributed by atoms with Crippen LogP contribution in [0.3, 0.4) is 0 Å². The Hall–Kier alpha value is -2.76. The third-order valence-electron chi connectivity index (χ3n) is 5.80. The van der Waals surface area contributed by atoms with Crippen molar-refractivity contribution in [2.45, 2.75) is 38.5 Å². The summed E-state index contributed by atoms with van der Waals surface area (Å²) < 4.78 is 86.6. The summed E-state index contributed by atoms with van der Waals surface area (Å²) in [5.74, 6) is -6.44. The van der Waals surface area contributed by atoms with Gasteiger partial charge in [-0.1, -0.05) is 19.1 Å². The minimum absolute atomic E-state index is 0.0500. The summed E-state index contributed by atoms with van der Waals surface area (Å²) in [6.07, 6.45) is 0.885. The molecule has 0 aliphatic heterocycles. The van der Waals surface area contributed by atoms with Gasteiger partial charge in [0.05, 0.1) is 5.56 Å². The molecule has 0 bridgehead atoms. The molecule has 1 aliphatic carbocycles. The summed E-state index contributed by atoms with van der Waals surface area (Å²) in [6, 6.07) is 6.77. The lowest BCUT2D eigenvalue weighted by atomic mass is 9.78. The van der Waals surface area contributed by atoms with Gasteiger partial charge in [0.2, 0.25) is 0 Å². The fourth-order valence-electron chi connectivity index (χ4n) is 4.27. The van der Waals surface area contributed by atoms with Crippen LogP contribution in [0.4, 0.5) is 26.3 Å². The number of halogens is 6. The molecular formula is C24H18F6. The molecule has 3 aromatic carbocycles. The van der Waals surface area contributed by atoms with E-state index < -0.39 is 51.9 Å². The van der Waals surface area contributed by atoms with E-state index in [2.05, 4.69) is 0 Å². The number of aryl methyl sites for hydroxylation is 1. The van der Waals surface area contributed by atoms with E-state index in [0.29, 0.717) is 12.0 Å². The Labute approximate surface area is 170 Å². The lowest BCUT2D eigenvalue weighted by Crippen LogP contribution is -2.18. The van der Waals surface area contributed by atoms with E-state index in [4.69, 9.17) is 0 Å². The van der Waals surface area contributed by atoms with Crippen LogP contribution in [0.1, 0.15) is 41.5 Å². The molecule has 0 amide bonds. The van der Waals surface area contributed by atoms with Crippen molar-refractivity contribution in [3.05, 3.63) is 93.6 Å². The van der Waals surface area contributed by atoms with Gasteiger partial charge in [-0.25, -0.2) is 26.3 Å². The van der Waals surface area contributed by atoms with Crippen molar-refractivity contribution in [2.24, 2.45) is 0 Å². The molecule has 1 aliphatic rings. The van der Waals surface area contributed by atoms with Gasteiger partial charge in [-0.2, -0.15) is 0 Å². The van der Waals surface area contributed by atoms with Gasteiger partial charge < -0.3 is 0 Å². The van der Waals surface area contributed by atoms with E-state index in [1.165, 1.54) is 18.2 Å². The van der Waals surface area contributed by atoms with Crippen molar-refractivity contribution in [1.82, 2.24) is 0 Å². The summed E-state index contributed by atoms with van der Waals surface area (Å²) in [7, 11) is 0. The lowest BCUT2D eigenvalue weighted by Gasteiger charge is -2.27. The molecule has 0 radical (unpaired) electrons. The van der Waals surface area contributed by atoms with Gasteiger partial charge in [-0.3, -0.25) is 0 Å². The maximum Gasteiger partial charge on any atom is 0.166 e.